The quantitative estimate of drug-likeness (QED) is 0.709. The van der Waals surface area contributed by atoms with Gasteiger partial charge in [0.15, 0.2) is 5.78 Å². The van der Waals surface area contributed by atoms with E-state index in [4.69, 9.17) is 2.74 Å². The Labute approximate surface area is 98.6 Å². The van der Waals surface area contributed by atoms with E-state index in [0.29, 0.717) is 5.56 Å². The number of aryl methyl sites for hydroxylation is 1. The first-order chi connectivity index (χ1) is 8.59. The standard InChI is InChI=1S/C15H14O/c16-15(14-9-5-2-6-10-14)12-11-13-7-3-1-4-8-13/h1-10H,11-12H2/i12D2. The minimum Gasteiger partial charge on any atom is -0.294 e. The van der Waals surface area contributed by atoms with Crippen molar-refractivity contribution in [3.05, 3.63) is 71.8 Å². The summed E-state index contributed by atoms with van der Waals surface area (Å²) in [6.45, 7) is 0. The molecular weight excluding hydrogens is 196 g/mol. The minimum atomic E-state index is -1.87. The fourth-order valence-electron chi connectivity index (χ4n) is 1.47. The molecule has 0 aliphatic rings. The van der Waals surface area contributed by atoms with E-state index >= 15 is 0 Å². The molecule has 0 bridgehead atoms. The summed E-state index contributed by atoms with van der Waals surface area (Å²) in [5.74, 6) is -0.466. The Morgan fingerprint density at radius 2 is 1.50 bits per heavy atom. The highest BCUT2D eigenvalue weighted by molar-refractivity contribution is 5.96. The molecule has 80 valence electrons. The number of ketones is 1. The van der Waals surface area contributed by atoms with Gasteiger partial charge in [0.1, 0.15) is 0 Å². The maximum atomic E-state index is 12.1. The molecule has 0 N–H and O–H groups in total. The van der Waals surface area contributed by atoms with Crippen molar-refractivity contribution in [2.45, 2.75) is 12.8 Å². The van der Waals surface area contributed by atoms with Gasteiger partial charge in [-0.3, -0.25) is 4.79 Å². The SMILES string of the molecule is [2H]C([2H])(Cc1ccccc1)C(=O)c1ccccc1. The van der Waals surface area contributed by atoms with Crippen molar-refractivity contribution in [1.29, 1.82) is 0 Å². The molecule has 16 heavy (non-hydrogen) atoms. The predicted octanol–water partition coefficient (Wildman–Crippen LogP) is 3.50. The normalized spacial score (nSPS) is 12.8. The molecule has 0 aromatic heterocycles. The first-order valence-electron chi connectivity index (χ1n) is 6.23. The molecule has 0 heterocycles. The van der Waals surface area contributed by atoms with Crippen LogP contribution in [0.25, 0.3) is 0 Å². The fraction of sp³-hybridized carbons (Fsp3) is 0.133. The van der Waals surface area contributed by atoms with Gasteiger partial charge in [-0.15, -0.1) is 0 Å². The van der Waals surface area contributed by atoms with Crippen molar-refractivity contribution < 1.29 is 7.54 Å². The van der Waals surface area contributed by atoms with Gasteiger partial charge in [-0.05, 0) is 12.0 Å². The molecule has 0 spiro atoms. The zero-order chi connectivity index (χ0) is 13.0. The van der Waals surface area contributed by atoms with Gasteiger partial charge in [-0.2, -0.15) is 0 Å². The molecule has 0 saturated heterocycles. The molecule has 1 nitrogen and oxygen atoms in total. The van der Waals surface area contributed by atoms with Crippen LogP contribution in [0.5, 0.6) is 0 Å². The largest absolute Gasteiger partial charge is 0.294 e. The summed E-state index contributed by atoms with van der Waals surface area (Å²) in [5, 5.41) is 0. The van der Waals surface area contributed by atoms with Crippen LogP contribution in [-0.4, -0.2) is 5.78 Å². The molecule has 0 aliphatic heterocycles. The van der Waals surface area contributed by atoms with Gasteiger partial charge in [0, 0.05) is 14.7 Å². The van der Waals surface area contributed by atoms with Crippen LogP contribution in [0.3, 0.4) is 0 Å². The van der Waals surface area contributed by atoms with Gasteiger partial charge < -0.3 is 0 Å². The van der Waals surface area contributed by atoms with Crippen LogP contribution in [0.1, 0.15) is 25.0 Å². The number of Topliss-reactive ketones (excluding diaryl/α,β-unsaturated/α-hetero) is 1. The Morgan fingerprint density at radius 1 is 0.938 bits per heavy atom. The lowest BCUT2D eigenvalue weighted by Crippen LogP contribution is -2.00. The number of carbonyl (C=O) groups excluding carboxylic acids is 1. The van der Waals surface area contributed by atoms with Crippen molar-refractivity contribution in [2.75, 3.05) is 0 Å². The molecule has 0 radical (unpaired) electrons. The summed E-state index contributed by atoms with van der Waals surface area (Å²) in [6.07, 6.45) is -1.77. The maximum Gasteiger partial charge on any atom is 0.163 e. The van der Waals surface area contributed by atoms with Crippen LogP contribution in [0, 0.1) is 0 Å². The van der Waals surface area contributed by atoms with E-state index in [1.807, 2.05) is 36.4 Å². The van der Waals surface area contributed by atoms with E-state index in [1.54, 1.807) is 24.3 Å². The predicted molar refractivity (Wildman–Crippen MR) is 65.5 cm³/mol. The zero-order valence-corrected chi connectivity index (χ0v) is 8.89. The van der Waals surface area contributed by atoms with Gasteiger partial charge in [0.2, 0.25) is 0 Å². The Bertz CT molecular complexity index is 521. The second-order valence-corrected chi connectivity index (χ2v) is 3.53. The first-order valence-corrected chi connectivity index (χ1v) is 5.23. The number of benzene rings is 2. The van der Waals surface area contributed by atoms with E-state index in [1.165, 1.54) is 0 Å². The van der Waals surface area contributed by atoms with Crippen LogP contribution >= 0.6 is 0 Å². The maximum absolute atomic E-state index is 12.1. The van der Waals surface area contributed by atoms with Crippen LogP contribution in [0.2, 0.25) is 0 Å². The fourth-order valence-corrected chi connectivity index (χ4v) is 1.47. The highest BCUT2D eigenvalue weighted by Gasteiger charge is 2.04. The summed E-state index contributed by atoms with van der Waals surface area (Å²) in [5.41, 5.74) is 1.24. The lowest BCUT2D eigenvalue weighted by atomic mass is 10.0. The topological polar surface area (TPSA) is 17.1 Å². The van der Waals surface area contributed by atoms with Crippen molar-refractivity contribution in [2.24, 2.45) is 0 Å². The number of carbonyl (C=O) groups is 1. The van der Waals surface area contributed by atoms with Crippen molar-refractivity contribution in [1.82, 2.24) is 0 Å². The van der Waals surface area contributed by atoms with Gasteiger partial charge in [0.05, 0.1) is 0 Å². The zero-order valence-electron chi connectivity index (χ0n) is 10.9. The van der Waals surface area contributed by atoms with E-state index in [0.717, 1.165) is 5.56 Å². The Balaban J connectivity index is 2.19. The molecule has 0 amide bonds. The van der Waals surface area contributed by atoms with Gasteiger partial charge >= 0.3 is 0 Å². The second kappa shape index (κ2) is 5.26. The average Bonchev–Trinajstić information content (AvgIpc) is 2.39. The summed E-state index contributed by atoms with van der Waals surface area (Å²) in [4.78, 5) is 12.1. The molecule has 0 aliphatic carbocycles. The van der Waals surface area contributed by atoms with Crippen LogP contribution in [0.4, 0.5) is 0 Å². The Morgan fingerprint density at radius 3 is 2.12 bits per heavy atom. The third kappa shape index (κ3) is 2.80. The Kier molecular flexibility index (Phi) is 2.73. The van der Waals surface area contributed by atoms with Crippen molar-refractivity contribution in [3.63, 3.8) is 0 Å². The van der Waals surface area contributed by atoms with Gasteiger partial charge in [0.25, 0.3) is 0 Å². The minimum absolute atomic E-state index is 0.0988. The number of hydrogen-bond acceptors (Lipinski definition) is 1. The molecule has 0 unspecified atom stereocenters. The van der Waals surface area contributed by atoms with Gasteiger partial charge in [-0.1, -0.05) is 60.7 Å². The number of hydrogen-bond donors (Lipinski definition) is 0. The molecule has 0 saturated carbocycles. The summed E-state index contributed by atoms with van der Waals surface area (Å²) in [7, 11) is 0. The molecule has 1 heteroatoms. The summed E-state index contributed by atoms with van der Waals surface area (Å²) in [6, 6.07) is 17.8. The third-order valence-corrected chi connectivity index (χ3v) is 2.33. The van der Waals surface area contributed by atoms with E-state index < -0.39 is 12.2 Å². The third-order valence-electron chi connectivity index (χ3n) is 2.33. The van der Waals surface area contributed by atoms with Crippen LogP contribution in [0.15, 0.2) is 60.7 Å². The van der Waals surface area contributed by atoms with Crippen LogP contribution in [-0.2, 0) is 6.42 Å². The molecule has 2 rings (SSSR count). The average molecular weight is 212 g/mol. The van der Waals surface area contributed by atoms with Crippen LogP contribution < -0.4 is 0 Å². The molecule has 0 atom stereocenters. The lowest BCUT2D eigenvalue weighted by molar-refractivity contribution is 0.0983. The molecule has 2 aromatic rings. The molecular formula is C15H14O. The van der Waals surface area contributed by atoms with Crippen molar-refractivity contribution in [3.8, 4) is 0 Å². The summed E-state index contributed by atoms with van der Waals surface area (Å²) < 4.78 is 15.8. The molecule has 0 fully saturated rings. The lowest BCUT2D eigenvalue weighted by Gasteiger charge is -2.01. The number of rotatable bonds is 4. The van der Waals surface area contributed by atoms with Gasteiger partial charge in [-0.25, -0.2) is 0 Å². The highest BCUT2D eigenvalue weighted by Crippen LogP contribution is 2.07. The Hall–Kier alpha value is -1.89. The highest BCUT2D eigenvalue weighted by atomic mass is 16.1. The van der Waals surface area contributed by atoms with Crippen molar-refractivity contribution >= 4 is 5.78 Å². The molecule has 2 aromatic carbocycles. The first kappa shape index (κ1) is 8.28. The van der Waals surface area contributed by atoms with E-state index in [-0.39, 0.29) is 6.42 Å². The van der Waals surface area contributed by atoms with E-state index in [9.17, 15) is 4.79 Å². The summed E-state index contributed by atoms with van der Waals surface area (Å²) >= 11 is 0. The monoisotopic (exact) mass is 212 g/mol. The smallest absolute Gasteiger partial charge is 0.163 e. The second-order valence-electron chi connectivity index (χ2n) is 3.53. The van der Waals surface area contributed by atoms with E-state index in [2.05, 4.69) is 0 Å².